The van der Waals surface area contributed by atoms with Gasteiger partial charge in [0, 0.05) is 25.6 Å². The smallest absolute Gasteiger partial charge is 0.0107 e. The summed E-state index contributed by atoms with van der Waals surface area (Å²) in [6.07, 6.45) is 3.56. The standard InChI is InChI=1S/C23H34N2/c1-3-16-25(17-4-2)18-15-24-20-23(22-13-9-6-10-14-22)19-21-11-7-5-8-12-21/h5-14,23-24H,3-4,15-20H2,1-2H3. The van der Waals surface area contributed by atoms with Crippen molar-refractivity contribution in [2.24, 2.45) is 0 Å². The molecule has 0 heterocycles. The molecule has 0 aliphatic rings. The molecule has 0 aliphatic heterocycles. The molecular weight excluding hydrogens is 304 g/mol. The molecular formula is C23H34N2. The molecule has 2 rings (SSSR count). The summed E-state index contributed by atoms with van der Waals surface area (Å²) in [7, 11) is 0. The SMILES string of the molecule is CCCN(CCC)CCNCC(Cc1ccccc1)c1ccccc1. The third kappa shape index (κ3) is 7.41. The predicted molar refractivity (Wildman–Crippen MR) is 109 cm³/mol. The predicted octanol–water partition coefficient (Wildman–Crippen LogP) is 4.72. The molecule has 2 nitrogen and oxygen atoms in total. The Morgan fingerprint density at radius 1 is 0.800 bits per heavy atom. The first-order valence-electron chi connectivity index (χ1n) is 9.85. The summed E-state index contributed by atoms with van der Waals surface area (Å²) in [6.45, 7) is 10.2. The average Bonchev–Trinajstić information content (AvgIpc) is 2.66. The topological polar surface area (TPSA) is 15.3 Å². The van der Waals surface area contributed by atoms with Crippen LogP contribution in [0.2, 0.25) is 0 Å². The van der Waals surface area contributed by atoms with Crippen molar-refractivity contribution in [2.75, 3.05) is 32.7 Å². The van der Waals surface area contributed by atoms with Crippen molar-refractivity contribution in [2.45, 2.75) is 39.0 Å². The molecule has 2 aromatic carbocycles. The highest BCUT2D eigenvalue weighted by atomic mass is 15.1. The minimum atomic E-state index is 0.523. The van der Waals surface area contributed by atoms with Crippen molar-refractivity contribution >= 4 is 0 Å². The lowest BCUT2D eigenvalue weighted by Crippen LogP contribution is -2.35. The molecule has 0 saturated carbocycles. The molecule has 1 atom stereocenters. The van der Waals surface area contributed by atoms with E-state index >= 15 is 0 Å². The maximum Gasteiger partial charge on any atom is 0.0107 e. The molecule has 0 radical (unpaired) electrons. The largest absolute Gasteiger partial charge is 0.315 e. The third-order valence-corrected chi connectivity index (χ3v) is 4.67. The summed E-state index contributed by atoms with van der Waals surface area (Å²) in [6, 6.07) is 21.8. The van der Waals surface area contributed by atoms with E-state index in [9.17, 15) is 0 Å². The Kier molecular flexibility index (Phi) is 9.32. The van der Waals surface area contributed by atoms with Crippen LogP contribution in [0.4, 0.5) is 0 Å². The van der Waals surface area contributed by atoms with Gasteiger partial charge in [0.15, 0.2) is 0 Å². The van der Waals surface area contributed by atoms with Crippen molar-refractivity contribution in [3.63, 3.8) is 0 Å². The van der Waals surface area contributed by atoms with Gasteiger partial charge in [0.1, 0.15) is 0 Å². The van der Waals surface area contributed by atoms with E-state index in [2.05, 4.69) is 84.7 Å². The molecule has 0 fully saturated rings. The number of hydrogen-bond acceptors (Lipinski definition) is 2. The molecule has 1 unspecified atom stereocenters. The van der Waals surface area contributed by atoms with E-state index in [1.165, 1.54) is 37.1 Å². The van der Waals surface area contributed by atoms with Crippen LogP contribution in [0.15, 0.2) is 60.7 Å². The van der Waals surface area contributed by atoms with Crippen LogP contribution in [0.25, 0.3) is 0 Å². The van der Waals surface area contributed by atoms with Crippen LogP contribution in [0, 0.1) is 0 Å². The fourth-order valence-corrected chi connectivity index (χ4v) is 3.41. The van der Waals surface area contributed by atoms with E-state index in [4.69, 9.17) is 0 Å². The second kappa shape index (κ2) is 11.8. The lowest BCUT2D eigenvalue weighted by atomic mass is 9.92. The Morgan fingerprint density at radius 3 is 2.00 bits per heavy atom. The molecule has 2 aromatic rings. The maximum absolute atomic E-state index is 3.71. The molecule has 0 amide bonds. The van der Waals surface area contributed by atoms with Crippen molar-refractivity contribution in [1.29, 1.82) is 0 Å². The van der Waals surface area contributed by atoms with E-state index in [0.717, 1.165) is 26.1 Å². The molecule has 0 saturated heterocycles. The summed E-state index contributed by atoms with van der Waals surface area (Å²) in [5.74, 6) is 0.523. The van der Waals surface area contributed by atoms with Gasteiger partial charge in [0.05, 0.1) is 0 Å². The zero-order valence-electron chi connectivity index (χ0n) is 16.0. The van der Waals surface area contributed by atoms with Crippen LogP contribution in [-0.4, -0.2) is 37.6 Å². The van der Waals surface area contributed by atoms with Gasteiger partial charge in [-0.2, -0.15) is 0 Å². The van der Waals surface area contributed by atoms with Gasteiger partial charge in [-0.15, -0.1) is 0 Å². The number of nitrogens with zero attached hydrogens (tertiary/aromatic N) is 1. The zero-order chi connectivity index (χ0) is 17.7. The van der Waals surface area contributed by atoms with Crippen molar-refractivity contribution in [1.82, 2.24) is 10.2 Å². The van der Waals surface area contributed by atoms with Crippen molar-refractivity contribution < 1.29 is 0 Å². The van der Waals surface area contributed by atoms with E-state index in [0.29, 0.717) is 5.92 Å². The Hall–Kier alpha value is -1.64. The van der Waals surface area contributed by atoms with Gasteiger partial charge < -0.3 is 10.2 Å². The number of benzene rings is 2. The minimum Gasteiger partial charge on any atom is -0.315 e. The average molecular weight is 339 g/mol. The lowest BCUT2D eigenvalue weighted by Gasteiger charge is -2.23. The normalized spacial score (nSPS) is 12.4. The van der Waals surface area contributed by atoms with Gasteiger partial charge >= 0.3 is 0 Å². The van der Waals surface area contributed by atoms with E-state index in [1.807, 2.05) is 0 Å². The van der Waals surface area contributed by atoms with Crippen LogP contribution >= 0.6 is 0 Å². The molecule has 0 aromatic heterocycles. The Morgan fingerprint density at radius 2 is 1.40 bits per heavy atom. The maximum atomic E-state index is 3.71. The highest BCUT2D eigenvalue weighted by Gasteiger charge is 2.12. The fraction of sp³-hybridized carbons (Fsp3) is 0.478. The highest BCUT2D eigenvalue weighted by Crippen LogP contribution is 2.20. The summed E-state index contributed by atoms with van der Waals surface area (Å²) in [4.78, 5) is 2.57. The van der Waals surface area contributed by atoms with E-state index in [1.54, 1.807) is 0 Å². The first-order valence-corrected chi connectivity index (χ1v) is 9.85. The molecule has 2 heteroatoms. The molecule has 0 spiro atoms. The summed E-state index contributed by atoms with van der Waals surface area (Å²) in [5.41, 5.74) is 2.84. The van der Waals surface area contributed by atoms with Gasteiger partial charge in [-0.3, -0.25) is 0 Å². The monoisotopic (exact) mass is 338 g/mol. The molecule has 25 heavy (non-hydrogen) atoms. The van der Waals surface area contributed by atoms with Gasteiger partial charge in [0.2, 0.25) is 0 Å². The Bertz CT molecular complexity index is 547. The van der Waals surface area contributed by atoms with Crippen LogP contribution in [-0.2, 0) is 6.42 Å². The van der Waals surface area contributed by atoms with Crippen molar-refractivity contribution in [3.8, 4) is 0 Å². The van der Waals surface area contributed by atoms with Gasteiger partial charge in [-0.05, 0) is 43.5 Å². The fourth-order valence-electron chi connectivity index (χ4n) is 3.41. The molecule has 0 bridgehead atoms. The first kappa shape index (κ1) is 19.7. The Balaban J connectivity index is 1.88. The van der Waals surface area contributed by atoms with E-state index < -0.39 is 0 Å². The quantitative estimate of drug-likeness (QED) is 0.563. The van der Waals surface area contributed by atoms with Gasteiger partial charge in [-0.25, -0.2) is 0 Å². The second-order valence-electron chi connectivity index (χ2n) is 6.84. The number of nitrogens with one attached hydrogen (secondary N) is 1. The molecule has 136 valence electrons. The van der Waals surface area contributed by atoms with Crippen LogP contribution in [0.5, 0.6) is 0 Å². The lowest BCUT2D eigenvalue weighted by molar-refractivity contribution is 0.273. The van der Waals surface area contributed by atoms with Crippen LogP contribution in [0.3, 0.4) is 0 Å². The molecule has 1 N–H and O–H groups in total. The number of rotatable bonds is 12. The summed E-state index contributed by atoms with van der Waals surface area (Å²) >= 11 is 0. The van der Waals surface area contributed by atoms with Gasteiger partial charge in [0.25, 0.3) is 0 Å². The van der Waals surface area contributed by atoms with Gasteiger partial charge in [-0.1, -0.05) is 74.5 Å². The molecule has 0 aliphatic carbocycles. The van der Waals surface area contributed by atoms with Crippen LogP contribution < -0.4 is 5.32 Å². The van der Waals surface area contributed by atoms with Crippen molar-refractivity contribution in [3.05, 3.63) is 71.8 Å². The first-order chi connectivity index (χ1) is 12.3. The van der Waals surface area contributed by atoms with Crippen LogP contribution in [0.1, 0.15) is 43.7 Å². The highest BCUT2D eigenvalue weighted by molar-refractivity contribution is 5.24. The second-order valence-corrected chi connectivity index (χ2v) is 6.84. The summed E-state index contributed by atoms with van der Waals surface area (Å²) in [5, 5.41) is 3.71. The third-order valence-electron chi connectivity index (χ3n) is 4.67. The number of hydrogen-bond donors (Lipinski definition) is 1. The summed E-state index contributed by atoms with van der Waals surface area (Å²) < 4.78 is 0. The Labute approximate surface area is 154 Å². The minimum absolute atomic E-state index is 0.523. The zero-order valence-corrected chi connectivity index (χ0v) is 16.0. The van der Waals surface area contributed by atoms with E-state index in [-0.39, 0.29) is 0 Å².